The zero-order chi connectivity index (χ0) is 23.7. The Labute approximate surface area is 204 Å². The molecule has 1 unspecified atom stereocenters. The average Bonchev–Trinajstić information content (AvgIpc) is 3.28. The number of nitrogens with zero attached hydrogens (tertiary/aromatic N) is 3. The fourth-order valence-corrected chi connectivity index (χ4v) is 7.26. The van der Waals surface area contributed by atoms with Gasteiger partial charge in [-0.2, -0.15) is 4.31 Å². The molecule has 0 bridgehead atoms. The van der Waals surface area contributed by atoms with Crippen LogP contribution in [0, 0.1) is 5.92 Å². The molecular weight excluding hydrogens is 470 g/mol. The third kappa shape index (κ3) is 4.82. The lowest BCUT2D eigenvalue weighted by atomic mass is 10.0. The van der Waals surface area contributed by atoms with Crippen molar-refractivity contribution < 1.29 is 17.9 Å². The van der Waals surface area contributed by atoms with Crippen molar-refractivity contribution in [1.82, 2.24) is 9.29 Å². The van der Waals surface area contributed by atoms with Gasteiger partial charge in [-0.3, -0.25) is 0 Å². The van der Waals surface area contributed by atoms with Crippen molar-refractivity contribution in [2.24, 2.45) is 5.92 Å². The van der Waals surface area contributed by atoms with E-state index in [1.165, 1.54) is 47.8 Å². The molecular formula is C25H29N3O4S2. The number of piperidine rings is 2. The largest absolute Gasteiger partial charge is 0.423 e. The van der Waals surface area contributed by atoms with Crippen LogP contribution in [0.5, 0.6) is 5.75 Å². The number of aromatic nitrogens is 1. The second-order valence-corrected chi connectivity index (χ2v) is 12.1. The van der Waals surface area contributed by atoms with Gasteiger partial charge in [-0.25, -0.2) is 18.2 Å². The van der Waals surface area contributed by atoms with E-state index in [1.807, 2.05) is 12.1 Å². The van der Waals surface area contributed by atoms with Crippen LogP contribution in [0.25, 0.3) is 10.2 Å². The first-order chi connectivity index (χ1) is 16.4. The van der Waals surface area contributed by atoms with E-state index >= 15 is 0 Å². The molecule has 2 aromatic carbocycles. The van der Waals surface area contributed by atoms with E-state index in [-0.39, 0.29) is 4.90 Å². The SMILES string of the molecule is CC1CCCN(S(=O)(=O)c2ccc(C(=O)Oc3ccc4nc(N5CCCCC5)sc4c3)cc2)C1. The number of fused-ring (bicyclic) bond motifs is 1. The van der Waals surface area contributed by atoms with Crippen LogP contribution in [-0.2, 0) is 10.0 Å². The van der Waals surface area contributed by atoms with E-state index in [9.17, 15) is 13.2 Å². The molecule has 0 radical (unpaired) electrons. The van der Waals surface area contributed by atoms with Gasteiger partial charge < -0.3 is 9.64 Å². The van der Waals surface area contributed by atoms with Gasteiger partial charge in [-0.1, -0.05) is 18.3 Å². The number of esters is 1. The lowest BCUT2D eigenvalue weighted by Crippen LogP contribution is -2.39. The molecule has 1 aromatic heterocycles. The first-order valence-electron chi connectivity index (χ1n) is 11.9. The fraction of sp³-hybridized carbons (Fsp3) is 0.440. The molecule has 180 valence electrons. The Hall–Kier alpha value is -2.49. The second kappa shape index (κ2) is 9.64. The molecule has 7 nitrogen and oxygen atoms in total. The zero-order valence-electron chi connectivity index (χ0n) is 19.3. The van der Waals surface area contributed by atoms with Crippen LogP contribution >= 0.6 is 11.3 Å². The van der Waals surface area contributed by atoms with Crippen molar-refractivity contribution in [2.75, 3.05) is 31.1 Å². The van der Waals surface area contributed by atoms with Crippen LogP contribution in [0.1, 0.15) is 49.4 Å². The summed E-state index contributed by atoms with van der Waals surface area (Å²) in [7, 11) is -3.56. The maximum Gasteiger partial charge on any atom is 0.343 e. The summed E-state index contributed by atoms with van der Waals surface area (Å²) in [5.74, 6) is 0.283. The molecule has 34 heavy (non-hydrogen) atoms. The van der Waals surface area contributed by atoms with Crippen LogP contribution in [0.3, 0.4) is 0 Å². The smallest absolute Gasteiger partial charge is 0.343 e. The van der Waals surface area contributed by atoms with E-state index in [4.69, 9.17) is 9.72 Å². The van der Waals surface area contributed by atoms with Crippen LogP contribution in [0.15, 0.2) is 47.4 Å². The number of anilines is 1. The van der Waals surface area contributed by atoms with E-state index in [1.54, 1.807) is 17.4 Å². The number of carbonyl (C=O) groups is 1. The van der Waals surface area contributed by atoms with Crippen LogP contribution in [-0.4, -0.2) is 49.9 Å². The van der Waals surface area contributed by atoms with E-state index in [2.05, 4.69) is 11.8 Å². The first kappa shape index (κ1) is 23.3. The van der Waals surface area contributed by atoms with Gasteiger partial charge in [-0.05, 0) is 74.4 Å². The molecule has 2 aliphatic heterocycles. The van der Waals surface area contributed by atoms with E-state index < -0.39 is 16.0 Å². The topological polar surface area (TPSA) is 79.8 Å². The number of ether oxygens (including phenoxy) is 1. The molecule has 3 heterocycles. The maximum atomic E-state index is 12.9. The minimum absolute atomic E-state index is 0.203. The van der Waals surface area contributed by atoms with Gasteiger partial charge in [0.25, 0.3) is 0 Å². The molecule has 2 saturated heterocycles. The van der Waals surface area contributed by atoms with Gasteiger partial charge in [0.15, 0.2) is 5.13 Å². The number of carbonyl (C=O) groups excluding carboxylic acids is 1. The molecule has 0 amide bonds. The van der Waals surface area contributed by atoms with Crippen LogP contribution in [0.2, 0.25) is 0 Å². The Morgan fingerprint density at radius 1 is 1.03 bits per heavy atom. The molecule has 0 saturated carbocycles. The van der Waals surface area contributed by atoms with E-state index in [0.717, 1.165) is 41.3 Å². The fourth-order valence-electron chi connectivity index (χ4n) is 4.62. The monoisotopic (exact) mass is 499 g/mol. The highest BCUT2D eigenvalue weighted by Crippen LogP contribution is 2.33. The number of sulfonamides is 1. The predicted octanol–water partition coefficient (Wildman–Crippen LogP) is 4.93. The van der Waals surface area contributed by atoms with Gasteiger partial charge in [0.2, 0.25) is 10.0 Å². The highest BCUT2D eigenvalue weighted by molar-refractivity contribution is 7.89. The van der Waals surface area contributed by atoms with Crippen molar-refractivity contribution in [3.05, 3.63) is 48.0 Å². The predicted molar refractivity (Wildman–Crippen MR) is 134 cm³/mol. The van der Waals surface area contributed by atoms with Crippen LogP contribution in [0.4, 0.5) is 5.13 Å². The Bertz CT molecular complexity index is 1280. The lowest BCUT2D eigenvalue weighted by molar-refractivity contribution is 0.0735. The zero-order valence-corrected chi connectivity index (χ0v) is 20.9. The molecule has 3 aromatic rings. The first-order valence-corrected chi connectivity index (χ1v) is 14.1. The van der Waals surface area contributed by atoms with E-state index in [0.29, 0.717) is 30.3 Å². The number of thiazole rings is 1. The van der Waals surface area contributed by atoms with Crippen molar-refractivity contribution >= 4 is 42.7 Å². The van der Waals surface area contributed by atoms with Gasteiger partial charge in [-0.15, -0.1) is 0 Å². The number of benzene rings is 2. The standard InChI is InChI=1S/C25H29N3O4S2/c1-18-6-5-15-28(17-18)34(30,31)21-10-7-19(8-11-21)24(29)32-20-9-12-22-23(16-20)33-25(26-22)27-13-3-2-4-14-27/h7-12,16,18H,2-6,13-15,17H2,1H3. The summed E-state index contributed by atoms with van der Waals surface area (Å²) < 4.78 is 34.0. The normalized spacial score (nSPS) is 19.9. The summed E-state index contributed by atoms with van der Waals surface area (Å²) in [6.07, 6.45) is 5.57. The highest BCUT2D eigenvalue weighted by Gasteiger charge is 2.28. The summed E-state index contributed by atoms with van der Waals surface area (Å²) >= 11 is 1.61. The summed E-state index contributed by atoms with van der Waals surface area (Å²) in [6.45, 7) is 5.20. The van der Waals surface area contributed by atoms with Crippen molar-refractivity contribution in [2.45, 2.75) is 43.9 Å². The van der Waals surface area contributed by atoms with Gasteiger partial charge in [0, 0.05) is 32.2 Å². The Morgan fingerprint density at radius 2 is 1.79 bits per heavy atom. The van der Waals surface area contributed by atoms with Crippen molar-refractivity contribution in [3.8, 4) is 5.75 Å². The Kier molecular flexibility index (Phi) is 6.59. The lowest BCUT2D eigenvalue weighted by Gasteiger charge is -2.30. The summed E-state index contributed by atoms with van der Waals surface area (Å²) in [4.78, 5) is 20.0. The molecule has 0 N–H and O–H groups in total. The van der Waals surface area contributed by atoms with Crippen molar-refractivity contribution in [3.63, 3.8) is 0 Å². The Balaban J connectivity index is 1.28. The average molecular weight is 500 g/mol. The highest BCUT2D eigenvalue weighted by atomic mass is 32.2. The summed E-state index contributed by atoms with van der Waals surface area (Å²) in [5, 5.41) is 1.01. The Morgan fingerprint density at radius 3 is 2.53 bits per heavy atom. The maximum absolute atomic E-state index is 12.9. The molecule has 1 atom stereocenters. The van der Waals surface area contributed by atoms with Crippen molar-refractivity contribution in [1.29, 1.82) is 0 Å². The minimum atomic E-state index is -3.56. The molecule has 2 aliphatic rings. The second-order valence-electron chi connectivity index (χ2n) is 9.20. The van der Waals surface area contributed by atoms with Crippen LogP contribution < -0.4 is 9.64 Å². The third-order valence-corrected chi connectivity index (χ3v) is 9.49. The third-order valence-electron chi connectivity index (χ3n) is 6.53. The molecule has 5 rings (SSSR count). The van der Waals surface area contributed by atoms with Gasteiger partial charge >= 0.3 is 5.97 Å². The van der Waals surface area contributed by atoms with Gasteiger partial charge in [0.05, 0.1) is 20.7 Å². The number of rotatable bonds is 5. The summed E-state index contributed by atoms with van der Waals surface area (Å²) in [6, 6.07) is 11.5. The molecule has 0 aliphatic carbocycles. The molecule has 9 heteroatoms. The summed E-state index contributed by atoms with van der Waals surface area (Å²) in [5.41, 5.74) is 1.20. The van der Waals surface area contributed by atoms with Gasteiger partial charge in [0.1, 0.15) is 5.75 Å². The molecule has 2 fully saturated rings. The molecule has 0 spiro atoms. The quantitative estimate of drug-likeness (QED) is 0.366. The minimum Gasteiger partial charge on any atom is -0.423 e. The number of hydrogen-bond acceptors (Lipinski definition) is 7. The number of hydrogen-bond donors (Lipinski definition) is 0.